The largest absolute Gasteiger partial charge is 0.491 e. The van der Waals surface area contributed by atoms with Gasteiger partial charge in [-0.1, -0.05) is 6.07 Å². The van der Waals surface area contributed by atoms with Crippen molar-refractivity contribution in [1.29, 1.82) is 0 Å². The molecule has 2 N–H and O–H groups in total. The van der Waals surface area contributed by atoms with Gasteiger partial charge in [0, 0.05) is 0 Å². The Morgan fingerprint density at radius 2 is 2.00 bits per heavy atom. The summed E-state index contributed by atoms with van der Waals surface area (Å²) in [4.78, 5) is 0. The van der Waals surface area contributed by atoms with Crippen molar-refractivity contribution in [3.63, 3.8) is 0 Å². The minimum Gasteiger partial charge on any atom is -0.491 e. The maximum atomic E-state index is 13.6. The first-order chi connectivity index (χ1) is 7.20. The molecule has 0 atom stereocenters. The molecular formula is C11H15F2NO. The lowest BCUT2D eigenvalue weighted by Gasteiger charge is -2.08. The SMILES string of the molecule is COc1c(F)ccc(CCCCN)c1F. The van der Waals surface area contributed by atoms with E-state index in [1.807, 2.05) is 0 Å². The summed E-state index contributed by atoms with van der Waals surface area (Å²) in [5, 5.41) is 0. The Balaban J connectivity index is 2.80. The molecule has 0 unspecified atom stereocenters. The summed E-state index contributed by atoms with van der Waals surface area (Å²) < 4.78 is 31.2. The molecule has 0 amide bonds. The van der Waals surface area contributed by atoms with E-state index in [1.165, 1.54) is 19.2 Å². The predicted octanol–water partition coefficient (Wildman–Crippen LogP) is 2.25. The molecule has 15 heavy (non-hydrogen) atoms. The fourth-order valence-corrected chi connectivity index (χ4v) is 1.41. The number of ether oxygens (including phenoxy) is 1. The Hall–Kier alpha value is -1.16. The third-order valence-electron chi connectivity index (χ3n) is 2.23. The Bertz CT molecular complexity index is 329. The van der Waals surface area contributed by atoms with Crippen LogP contribution in [0.15, 0.2) is 12.1 Å². The quantitative estimate of drug-likeness (QED) is 0.764. The van der Waals surface area contributed by atoms with E-state index in [1.54, 1.807) is 0 Å². The highest BCUT2D eigenvalue weighted by Crippen LogP contribution is 2.25. The molecule has 1 aromatic rings. The van der Waals surface area contributed by atoms with E-state index < -0.39 is 11.6 Å². The van der Waals surface area contributed by atoms with Gasteiger partial charge in [-0.2, -0.15) is 0 Å². The maximum absolute atomic E-state index is 13.6. The van der Waals surface area contributed by atoms with Crippen molar-refractivity contribution in [3.05, 3.63) is 29.3 Å². The van der Waals surface area contributed by atoms with Crippen molar-refractivity contribution in [2.75, 3.05) is 13.7 Å². The first-order valence-electron chi connectivity index (χ1n) is 4.91. The van der Waals surface area contributed by atoms with Gasteiger partial charge in [0.15, 0.2) is 17.4 Å². The Labute approximate surface area is 88.0 Å². The number of methoxy groups -OCH3 is 1. The highest BCUT2D eigenvalue weighted by atomic mass is 19.1. The van der Waals surface area contributed by atoms with Crippen molar-refractivity contribution in [1.82, 2.24) is 0 Å². The molecule has 0 fully saturated rings. The van der Waals surface area contributed by atoms with Crippen LogP contribution in [0.3, 0.4) is 0 Å². The standard InChI is InChI=1S/C11H15F2NO/c1-15-11-9(12)6-5-8(10(11)13)4-2-3-7-14/h5-6H,2-4,7,14H2,1H3. The zero-order valence-corrected chi connectivity index (χ0v) is 8.72. The summed E-state index contributed by atoms with van der Waals surface area (Å²) >= 11 is 0. The molecule has 0 spiro atoms. The average molecular weight is 215 g/mol. The summed E-state index contributed by atoms with van der Waals surface area (Å²) in [5.74, 6) is -1.58. The van der Waals surface area contributed by atoms with Crippen molar-refractivity contribution < 1.29 is 13.5 Å². The normalized spacial score (nSPS) is 10.4. The number of benzene rings is 1. The third-order valence-corrected chi connectivity index (χ3v) is 2.23. The zero-order chi connectivity index (χ0) is 11.3. The van der Waals surface area contributed by atoms with E-state index in [9.17, 15) is 8.78 Å². The van der Waals surface area contributed by atoms with Gasteiger partial charge in [0.25, 0.3) is 0 Å². The number of hydrogen-bond donors (Lipinski definition) is 1. The van der Waals surface area contributed by atoms with Gasteiger partial charge < -0.3 is 10.5 Å². The molecule has 0 radical (unpaired) electrons. The van der Waals surface area contributed by atoms with Crippen molar-refractivity contribution in [2.24, 2.45) is 5.73 Å². The van der Waals surface area contributed by atoms with Crippen molar-refractivity contribution in [3.8, 4) is 5.75 Å². The fraction of sp³-hybridized carbons (Fsp3) is 0.455. The lowest BCUT2D eigenvalue weighted by molar-refractivity contribution is 0.357. The second-order valence-electron chi connectivity index (χ2n) is 3.30. The molecular weight excluding hydrogens is 200 g/mol. The van der Waals surface area contributed by atoms with Gasteiger partial charge in [-0.15, -0.1) is 0 Å². The van der Waals surface area contributed by atoms with Crippen LogP contribution in [0.5, 0.6) is 5.75 Å². The summed E-state index contributed by atoms with van der Waals surface area (Å²) in [5.41, 5.74) is 5.81. The first-order valence-corrected chi connectivity index (χ1v) is 4.91. The Morgan fingerprint density at radius 3 is 2.60 bits per heavy atom. The second kappa shape index (κ2) is 5.66. The third kappa shape index (κ3) is 2.89. The van der Waals surface area contributed by atoms with Crippen LogP contribution in [0.1, 0.15) is 18.4 Å². The Kier molecular flexibility index (Phi) is 4.49. The van der Waals surface area contributed by atoms with Gasteiger partial charge >= 0.3 is 0 Å². The highest BCUT2D eigenvalue weighted by molar-refractivity contribution is 5.32. The van der Waals surface area contributed by atoms with E-state index in [4.69, 9.17) is 5.73 Å². The van der Waals surface area contributed by atoms with Gasteiger partial charge in [-0.05, 0) is 37.4 Å². The van der Waals surface area contributed by atoms with Gasteiger partial charge in [0.2, 0.25) is 0 Å². The minimum absolute atomic E-state index is 0.305. The van der Waals surface area contributed by atoms with Crippen LogP contribution in [0.25, 0.3) is 0 Å². The highest BCUT2D eigenvalue weighted by Gasteiger charge is 2.13. The number of nitrogens with two attached hydrogens (primary N) is 1. The van der Waals surface area contributed by atoms with Crippen LogP contribution < -0.4 is 10.5 Å². The molecule has 0 aliphatic carbocycles. The number of rotatable bonds is 5. The second-order valence-corrected chi connectivity index (χ2v) is 3.30. The number of hydrogen-bond acceptors (Lipinski definition) is 2. The predicted molar refractivity (Wildman–Crippen MR) is 54.9 cm³/mol. The van der Waals surface area contributed by atoms with Gasteiger partial charge in [-0.3, -0.25) is 0 Å². The topological polar surface area (TPSA) is 35.2 Å². The maximum Gasteiger partial charge on any atom is 0.190 e. The first kappa shape index (κ1) is 11.9. The van der Waals surface area contributed by atoms with Crippen LogP contribution in [0.2, 0.25) is 0 Å². The molecule has 0 aliphatic heterocycles. The lowest BCUT2D eigenvalue weighted by atomic mass is 10.1. The summed E-state index contributed by atoms with van der Waals surface area (Å²) in [6.45, 7) is 0.583. The minimum atomic E-state index is -0.669. The number of halogens is 2. The van der Waals surface area contributed by atoms with E-state index in [0.29, 0.717) is 18.5 Å². The van der Waals surface area contributed by atoms with E-state index in [0.717, 1.165) is 12.8 Å². The number of aryl methyl sites for hydroxylation is 1. The van der Waals surface area contributed by atoms with Crippen molar-refractivity contribution in [2.45, 2.75) is 19.3 Å². The summed E-state index contributed by atoms with van der Waals surface area (Å²) in [6, 6.07) is 2.67. The summed E-state index contributed by atoms with van der Waals surface area (Å²) in [7, 11) is 1.26. The van der Waals surface area contributed by atoms with Crippen LogP contribution in [0, 0.1) is 11.6 Å². The average Bonchev–Trinajstić information content (AvgIpc) is 2.22. The molecule has 2 nitrogen and oxygen atoms in total. The molecule has 0 aliphatic rings. The van der Waals surface area contributed by atoms with Crippen LogP contribution in [0.4, 0.5) is 8.78 Å². The van der Waals surface area contributed by atoms with Crippen LogP contribution >= 0.6 is 0 Å². The molecule has 0 bridgehead atoms. The molecule has 1 aromatic carbocycles. The smallest absolute Gasteiger partial charge is 0.190 e. The monoisotopic (exact) mass is 215 g/mol. The van der Waals surface area contributed by atoms with Gasteiger partial charge in [-0.25, -0.2) is 8.78 Å². The number of unbranched alkanes of at least 4 members (excludes halogenated alkanes) is 1. The van der Waals surface area contributed by atoms with E-state index >= 15 is 0 Å². The van der Waals surface area contributed by atoms with Crippen molar-refractivity contribution >= 4 is 0 Å². The molecule has 0 saturated carbocycles. The summed E-state index contributed by atoms with van der Waals surface area (Å²) in [6.07, 6.45) is 2.18. The molecule has 0 heterocycles. The molecule has 4 heteroatoms. The van der Waals surface area contributed by atoms with E-state index in [2.05, 4.69) is 4.74 Å². The van der Waals surface area contributed by atoms with Gasteiger partial charge in [0.1, 0.15) is 0 Å². The molecule has 1 rings (SSSR count). The van der Waals surface area contributed by atoms with Crippen LogP contribution in [-0.2, 0) is 6.42 Å². The lowest BCUT2D eigenvalue weighted by Crippen LogP contribution is -2.01. The molecule has 0 saturated heterocycles. The van der Waals surface area contributed by atoms with Crippen LogP contribution in [-0.4, -0.2) is 13.7 Å². The molecule has 0 aromatic heterocycles. The van der Waals surface area contributed by atoms with Gasteiger partial charge in [0.05, 0.1) is 7.11 Å². The zero-order valence-electron chi connectivity index (χ0n) is 8.72. The Morgan fingerprint density at radius 1 is 1.27 bits per heavy atom. The molecule has 84 valence electrons. The van der Waals surface area contributed by atoms with E-state index in [-0.39, 0.29) is 5.75 Å². The fourth-order valence-electron chi connectivity index (χ4n) is 1.41.